The number of likely N-dealkylation sites (N-methyl/N-ethyl adjacent to an activating group) is 1. The Morgan fingerprint density at radius 2 is 1.83 bits per heavy atom. The van der Waals surface area contributed by atoms with E-state index in [2.05, 4.69) is 0 Å². The molecule has 18 heavy (non-hydrogen) atoms. The molecule has 0 aliphatic heterocycles. The van der Waals surface area contributed by atoms with Gasteiger partial charge in [-0.15, -0.1) is 0 Å². The van der Waals surface area contributed by atoms with Crippen molar-refractivity contribution in [1.29, 1.82) is 0 Å². The maximum Gasteiger partial charge on any atom is 0.243 e. The summed E-state index contributed by atoms with van der Waals surface area (Å²) in [5.74, 6) is 0.592. The number of nitrogens with zero attached hydrogens (tertiary/aromatic N) is 1. The monoisotopic (exact) mass is 250 g/mol. The fourth-order valence-electron chi connectivity index (χ4n) is 2.12. The van der Waals surface area contributed by atoms with Crippen molar-refractivity contribution in [2.45, 2.75) is 26.8 Å². The number of amides is 1. The molecule has 0 bridgehead atoms. The van der Waals surface area contributed by atoms with E-state index >= 15 is 0 Å². The number of methoxy groups -OCH3 is 1. The van der Waals surface area contributed by atoms with Gasteiger partial charge in [0.1, 0.15) is 11.8 Å². The van der Waals surface area contributed by atoms with Gasteiger partial charge in [-0.1, -0.05) is 6.07 Å². The number of hydrogen-bond donors (Lipinski definition) is 1. The highest BCUT2D eigenvalue weighted by atomic mass is 16.5. The lowest BCUT2D eigenvalue weighted by Crippen LogP contribution is -2.34. The molecule has 0 aromatic heterocycles. The van der Waals surface area contributed by atoms with Crippen LogP contribution in [-0.4, -0.2) is 32.0 Å². The highest BCUT2D eigenvalue weighted by Crippen LogP contribution is 2.33. The molecule has 0 saturated heterocycles. The van der Waals surface area contributed by atoms with Gasteiger partial charge in [0.05, 0.1) is 7.11 Å². The van der Waals surface area contributed by atoms with Gasteiger partial charge in [-0.3, -0.25) is 4.79 Å². The second-order valence-electron chi connectivity index (χ2n) is 4.79. The molecule has 1 aromatic rings. The van der Waals surface area contributed by atoms with Crippen LogP contribution in [0.3, 0.4) is 0 Å². The lowest BCUT2D eigenvalue weighted by molar-refractivity contribution is -0.130. The molecule has 0 aliphatic rings. The predicted octanol–water partition coefficient (Wildman–Crippen LogP) is 1.71. The predicted molar refractivity (Wildman–Crippen MR) is 72.8 cm³/mol. The van der Waals surface area contributed by atoms with Crippen molar-refractivity contribution in [2.24, 2.45) is 5.73 Å². The summed E-state index contributed by atoms with van der Waals surface area (Å²) in [6.07, 6.45) is 0. The Morgan fingerprint density at radius 3 is 2.28 bits per heavy atom. The molecule has 2 N–H and O–H groups in total. The van der Waals surface area contributed by atoms with Gasteiger partial charge in [0, 0.05) is 19.7 Å². The Labute approximate surface area is 109 Å². The first-order valence-electron chi connectivity index (χ1n) is 5.92. The van der Waals surface area contributed by atoms with Crippen LogP contribution in [0.1, 0.15) is 28.3 Å². The lowest BCUT2D eigenvalue weighted by Gasteiger charge is -2.23. The highest BCUT2D eigenvalue weighted by Gasteiger charge is 2.24. The van der Waals surface area contributed by atoms with E-state index in [-0.39, 0.29) is 5.91 Å². The van der Waals surface area contributed by atoms with Crippen molar-refractivity contribution in [3.05, 3.63) is 28.3 Å². The van der Waals surface area contributed by atoms with Crippen LogP contribution in [0.15, 0.2) is 6.07 Å². The van der Waals surface area contributed by atoms with Gasteiger partial charge in [0.25, 0.3) is 0 Å². The molecule has 0 heterocycles. The van der Waals surface area contributed by atoms with E-state index in [0.717, 1.165) is 28.0 Å². The molecule has 4 nitrogen and oxygen atoms in total. The van der Waals surface area contributed by atoms with Crippen molar-refractivity contribution in [3.63, 3.8) is 0 Å². The third kappa shape index (κ3) is 2.48. The van der Waals surface area contributed by atoms with Gasteiger partial charge in [-0.05, 0) is 37.5 Å². The average Bonchev–Trinajstić information content (AvgIpc) is 2.31. The first-order chi connectivity index (χ1) is 8.31. The van der Waals surface area contributed by atoms with Crippen LogP contribution < -0.4 is 10.5 Å². The average molecular weight is 250 g/mol. The minimum Gasteiger partial charge on any atom is -0.496 e. The second-order valence-corrected chi connectivity index (χ2v) is 4.79. The SMILES string of the molecule is COc1c(C)c(C)cc(C)c1C(N)C(=O)N(C)C. The molecule has 0 saturated carbocycles. The maximum absolute atomic E-state index is 12.0. The van der Waals surface area contributed by atoms with Crippen LogP contribution in [0.2, 0.25) is 0 Å². The van der Waals surface area contributed by atoms with E-state index < -0.39 is 6.04 Å². The summed E-state index contributed by atoms with van der Waals surface area (Å²) < 4.78 is 5.44. The van der Waals surface area contributed by atoms with Crippen molar-refractivity contribution in [3.8, 4) is 5.75 Å². The Bertz CT molecular complexity index is 467. The zero-order valence-electron chi connectivity index (χ0n) is 12.0. The van der Waals surface area contributed by atoms with Gasteiger partial charge < -0.3 is 15.4 Å². The Hall–Kier alpha value is -1.55. The highest BCUT2D eigenvalue weighted by molar-refractivity contribution is 5.84. The molecule has 1 unspecified atom stereocenters. The summed E-state index contributed by atoms with van der Waals surface area (Å²) in [4.78, 5) is 13.5. The summed E-state index contributed by atoms with van der Waals surface area (Å²) in [5, 5.41) is 0. The fraction of sp³-hybridized carbons (Fsp3) is 0.500. The van der Waals surface area contributed by atoms with Crippen molar-refractivity contribution < 1.29 is 9.53 Å². The van der Waals surface area contributed by atoms with Crippen molar-refractivity contribution in [1.82, 2.24) is 4.90 Å². The molecule has 1 rings (SSSR count). The van der Waals surface area contributed by atoms with Crippen LogP contribution >= 0.6 is 0 Å². The first kappa shape index (κ1) is 14.5. The van der Waals surface area contributed by atoms with Gasteiger partial charge in [-0.25, -0.2) is 0 Å². The van der Waals surface area contributed by atoms with Crippen LogP contribution in [0.4, 0.5) is 0 Å². The Balaban J connectivity index is 3.40. The molecule has 1 amide bonds. The van der Waals surface area contributed by atoms with E-state index in [0.29, 0.717) is 0 Å². The molecular formula is C14H22N2O2. The minimum atomic E-state index is -0.686. The number of carbonyl (C=O) groups excluding carboxylic acids is 1. The molecule has 0 aliphatic carbocycles. The van der Waals surface area contributed by atoms with Gasteiger partial charge in [0.15, 0.2) is 0 Å². The Kier molecular flexibility index (Phi) is 4.35. The smallest absolute Gasteiger partial charge is 0.243 e. The fourth-order valence-corrected chi connectivity index (χ4v) is 2.12. The zero-order chi connectivity index (χ0) is 14.0. The molecule has 1 aromatic carbocycles. The van der Waals surface area contributed by atoms with E-state index in [1.54, 1.807) is 21.2 Å². The third-order valence-electron chi connectivity index (χ3n) is 3.26. The van der Waals surface area contributed by atoms with Crippen LogP contribution in [0.5, 0.6) is 5.75 Å². The molecule has 1 atom stereocenters. The first-order valence-corrected chi connectivity index (χ1v) is 5.92. The molecule has 0 radical (unpaired) electrons. The van der Waals surface area contributed by atoms with Gasteiger partial charge in [0.2, 0.25) is 5.91 Å². The molecule has 0 spiro atoms. The Morgan fingerprint density at radius 1 is 1.28 bits per heavy atom. The van der Waals surface area contributed by atoms with Crippen LogP contribution in [-0.2, 0) is 4.79 Å². The summed E-state index contributed by atoms with van der Waals surface area (Å²) in [6, 6.07) is 1.35. The molecule has 4 heteroatoms. The number of ether oxygens (including phenoxy) is 1. The number of carbonyl (C=O) groups is 1. The number of hydrogen-bond acceptors (Lipinski definition) is 3. The summed E-state index contributed by atoms with van der Waals surface area (Å²) >= 11 is 0. The van der Waals surface area contributed by atoms with E-state index in [4.69, 9.17) is 10.5 Å². The summed E-state index contributed by atoms with van der Waals surface area (Å²) in [7, 11) is 5.01. The number of nitrogens with two attached hydrogens (primary N) is 1. The number of rotatable bonds is 3. The quantitative estimate of drug-likeness (QED) is 0.888. The topological polar surface area (TPSA) is 55.6 Å². The minimum absolute atomic E-state index is 0.125. The van der Waals surface area contributed by atoms with Crippen molar-refractivity contribution >= 4 is 5.91 Å². The second kappa shape index (κ2) is 5.40. The van der Waals surface area contributed by atoms with Gasteiger partial charge in [-0.2, -0.15) is 0 Å². The number of benzene rings is 1. The normalized spacial score (nSPS) is 12.2. The molecule has 100 valence electrons. The molecular weight excluding hydrogens is 228 g/mol. The van der Waals surface area contributed by atoms with Crippen LogP contribution in [0, 0.1) is 20.8 Å². The van der Waals surface area contributed by atoms with Gasteiger partial charge >= 0.3 is 0 Å². The van der Waals surface area contributed by atoms with E-state index in [1.807, 2.05) is 26.8 Å². The van der Waals surface area contributed by atoms with E-state index in [9.17, 15) is 4.79 Å². The molecule has 0 fully saturated rings. The lowest BCUT2D eigenvalue weighted by atomic mass is 9.94. The maximum atomic E-state index is 12.0. The third-order valence-corrected chi connectivity index (χ3v) is 3.26. The summed E-state index contributed by atoms with van der Waals surface area (Å²) in [6.45, 7) is 5.95. The van der Waals surface area contributed by atoms with Crippen LogP contribution in [0.25, 0.3) is 0 Å². The number of aryl methyl sites for hydroxylation is 2. The standard InChI is InChI=1S/C14H22N2O2/c1-8-7-9(2)11(13(18-6)10(8)3)12(15)14(17)16(4)5/h7,12H,15H2,1-6H3. The largest absolute Gasteiger partial charge is 0.496 e. The van der Waals surface area contributed by atoms with E-state index in [1.165, 1.54) is 4.90 Å². The summed E-state index contributed by atoms with van der Waals surface area (Å²) in [5.41, 5.74) is 9.99. The van der Waals surface area contributed by atoms with Crippen molar-refractivity contribution in [2.75, 3.05) is 21.2 Å². The zero-order valence-corrected chi connectivity index (χ0v) is 12.0.